The molecule has 1 atom stereocenters. The zero-order valence-electron chi connectivity index (χ0n) is 11.1. The minimum absolute atomic E-state index is 0.0946. The molecule has 1 aromatic rings. The lowest BCUT2D eigenvalue weighted by molar-refractivity contribution is 0.0559. The number of hydrogen-bond donors (Lipinski definition) is 1. The molecule has 0 saturated carbocycles. The molecule has 0 aromatic heterocycles. The molecule has 1 aromatic carbocycles. The van der Waals surface area contributed by atoms with Crippen LogP contribution in [0.2, 0.25) is 0 Å². The summed E-state index contributed by atoms with van der Waals surface area (Å²) in [6.07, 6.45) is 0.605. The zero-order valence-corrected chi connectivity index (χ0v) is 11.1. The normalized spacial score (nSPS) is 19.5. The fourth-order valence-electron chi connectivity index (χ4n) is 2.17. The number of aromatic carboxylic acids is 1. The second kappa shape index (κ2) is 6.00. The van der Waals surface area contributed by atoms with Crippen LogP contribution in [0.3, 0.4) is 0 Å². The molecule has 1 fully saturated rings. The molecule has 1 amide bonds. The van der Waals surface area contributed by atoms with Crippen LogP contribution < -0.4 is 0 Å². The van der Waals surface area contributed by atoms with Crippen LogP contribution in [0.15, 0.2) is 18.2 Å². The number of rotatable bonds is 2. The summed E-state index contributed by atoms with van der Waals surface area (Å²) < 4.78 is 19.3. The first kappa shape index (κ1) is 14.5. The van der Waals surface area contributed by atoms with Crippen LogP contribution in [-0.2, 0) is 4.74 Å². The summed E-state index contributed by atoms with van der Waals surface area (Å²) in [4.78, 5) is 24.6. The summed E-state index contributed by atoms with van der Waals surface area (Å²) in [5.41, 5.74) is -0.282. The molecule has 1 N–H and O–H groups in total. The van der Waals surface area contributed by atoms with Crippen molar-refractivity contribution in [1.82, 2.24) is 4.90 Å². The van der Waals surface area contributed by atoms with E-state index in [1.165, 1.54) is 17.0 Å². The van der Waals surface area contributed by atoms with Crippen molar-refractivity contribution < 1.29 is 23.8 Å². The lowest BCUT2D eigenvalue weighted by Gasteiger charge is -2.22. The van der Waals surface area contributed by atoms with E-state index in [0.29, 0.717) is 26.1 Å². The van der Waals surface area contributed by atoms with Crippen molar-refractivity contribution in [2.45, 2.75) is 19.4 Å². The standard InChI is InChI=1S/C14H16FNO4/c1-9-8-16(5-2-6-20-9)13(17)11-4-3-10(14(18)19)7-12(11)15/h3-4,7,9H,2,5-6,8H2,1H3,(H,18,19). The van der Waals surface area contributed by atoms with Gasteiger partial charge in [-0.25, -0.2) is 9.18 Å². The predicted octanol–water partition coefficient (Wildman–Crippen LogP) is 1.77. The predicted molar refractivity (Wildman–Crippen MR) is 69.3 cm³/mol. The Morgan fingerprint density at radius 1 is 1.45 bits per heavy atom. The molecule has 1 unspecified atom stereocenters. The number of carbonyl (C=O) groups excluding carboxylic acids is 1. The Bertz CT molecular complexity index is 532. The highest BCUT2D eigenvalue weighted by molar-refractivity contribution is 5.96. The third kappa shape index (κ3) is 3.14. The van der Waals surface area contributed by atoms with Crippen molar-refractivity contribution >= 4 is 11.9 Å². The highest BCUT2D eigenvalue weighted by Gasteiger charge is 2.23. The maximum atomic E-state index is 13.9. The third-order valence-electron chi connectivity index (χ3n) is 3.19. The summed E-state index contributed by atoms with van der Waals surface area (Å²) >= 11 is 0. The quantitative estimate of drug-likeness (QED) is 0.897. The van der Waals surface area contributed by atoms with Crippen molar-refractivity contribution in [3.8, 4) is 0 Å². The van der Waals surface area contributed by atoms with Crippen LogP contribution in [0, 0.1) is 5.82 Å². The van der Waals surface area contributed by atoms with E-state index in [1.54, 1.807) is 0 Å². The molecule has 0 aliphatic carbocycles. The van der Waals surface area contributed by atoms with Crippen LogP contribution in [-0.4, -0.2) is 47.7 Å². The first-order chi connectivity index (χ1) is 9.49. The van der Waals surface area contributed by atoms with Crippen LogP contribution >= 0.6 is 0 Å². The molecule has 108 valence electrons. The zero-order chi connectivity index (χ0) is 14.7. The van der Waals surface area contributed by atoms with Crippen LogP contribution in [0.25, 0.3) is 0 Å². The molecule has 2 rings (SSSR count). The number of benzene rings is 1. The fourth-order valence-corrected chi connectivity index (χ4v) is 2.17. The Morgan fingerprint density at radius 2 is 2.20 bits per heavy atom. The number of ether oxygens (including phenoxy) is 1. The van der Waals surface area contributed by atoms with Gasteiger partial charge in [-0.3, -0.25) is 4.79 Å². The van der Waals surface area contributed by atoms with Gasteiger partial charge in [0.25, 0.3) is 5.91 Å². The van der Waals surface area contributed by atoms with Gasteiger partial charge in [0.05, 0.1) is 17.2 Å². The van der Waals surface area contributed by atoms with Gasteiger partial charge in [0.15, 0.2) is 0 Å². The number of nitrogens with zero attached hydrogens (tertiary/aromatic N) is 1. The molecule has 5 nitrogen and oxygen atoms in total. The topological polar surface area (TPSA) is 66.8 Å². The molecule has 1 aliphatic rings. The van der Waals surface area contributed by atoms with Crippen molar-refractivity contribution in [3.05, 3.63) is 35.1 Å². The first-order valence-corrected chi connectivity index (χ1v) is 6.42. The van der Waals surface area contributed by atoms with E-state index in [2.05, 4.69) is 0 Å². The Hall–Kier alpha value is -1.95. The Morgan fingerprint density at radius 3 is 2.85 bits per heavy atom. The van der Waals surface area contributed by atoms with Gasteiger partial charge in [-0.05, 0) is 31.5 Å². The number of amides is 1. The molecule has 0 radical (unpaired) electrons. The van der Waals surface area contributed by atoms with Crippen LogP contribution in [0.4, 0.5) is 4.39 Å². The molecule has 0 spiro atoms. The molecule has 1 saturated heterocycles. The average Bonchev–Trinajstić information content (AvgIpc) is 2.62. The van der Waals surface area contributed by atoms with Gasteiger partial charge >= 0.3 is 5.97 Å². The summed E-state index contributed by atoms with van der Waals surface area (Å²) in [5, 5.41) is 8.78. The van der Waals surface area contributed by atoms with E-state index in [9.17, 15) is 14.0 Å². The maximum absolute atomic E-state index is 13.9. The summed E-state index contributed by atoms with van der Waals surface area (Å²) in [5.74, 6) is -2.47. The summed E-state index contributed by atoms with van der Waals surface area (Å²) in [6.45, 7) is 3.34. The molecule has 20 heavy (non-hydrogen) atoms. The van der Waals surface area contributed by atoms with Gasteiger partial charge in [-0.2, -0.15) is 0 Å². The molecular formula is C14H16FNO4. The van der Waals surface area contributed by atoms with Crippen molar-refractivity contribution in [3.63, 3.8) is 0 Å². The lowest BCUT2D eigenvalue weighted by atomic mass is 10.1. The van der Waals surface area contributed by atoms with Gasteiger partial charge in [0, 0.05) is 19.7 Å². The lowest BCUT2D eigenvalue weighted by Crippen LogP contribution is -2.36. The second-order valence-electron chi connectivity index (χ2n) is 4.79. The van der Waals surface area contributed by atoms with E-state index in [-0.39, 0.29) is 17.2 Å². The van der Waals surface area contributed by atoms with Crippen molar-refractivity contribution in [2.24, 2.45) is 0 Å². The first-order valence-electron chi connectivity index (χ1n) is 6.42. The Balaban J connectivity index is 2.22. The van der Waals surface area contributed by atoms with E-state index >= 15 is 0 Å². The maximum Gasteiger partial charge on any atom is 0.335 e. The van der Waals surface area contributed by atoms with Crippen LogP contribution in [0.1, 0.15) is 34.1 Å². The highest BCUT2D eigenvalue weighted by atomic mass is 19.1. The van der Waals surface area contributed by atoms with Gasteiger partial charge in [0.2, 0.25) is 0 Å². The van der Waals surface area contributed by atoms with Crippen molar-refractivity contribution in [2.75, 3.05) is 19.7 Å². The Kier molecular flexibility index (Phi) is 4.34. The minimum Gasteiger partial charge on any atom is -0.478 e. The largest absolute Gasteiger partial charge is 0.478 e. The van der Waals surface area contributed by atoms with Gasteiger partial charge in [-0.1, -0.05) is 0 Å². The van der Waals surface area contributed by atoms with E-state index < -0.39 is 17.7 Å². The highest BCUT2D eigenvalue weighted by Crippen LogP contribution is 2.15. The van der Waals surface area contributed by atoms with E-state index in [0.717, 1.165) is 6.07 Å². The Labute approximate surface area is 116 Å². The molecule has 1 heterocycles. The summed E-state index contributed by atoms with van der Waals surface area (Å²) in [6, 6.07) is 3.32. The number of hydrogen-bond acceptors (Lipinski definition) is 3. The van der Waals surface area contributed by atoms with E-state index in [4.69, 9.17) is 9.84 Å². The molecular weight excluding hydrogens is 265 g/mol. The fraction of sp³-hybridized carbons (Fsp3) is 0.429. The van der Waals surface area contributed by atoms with Gasteiger partial charge in [-0.15, -0.1) is 0 Å². The molecule has 0 bridgehead atoms. The van der Waals surface area contributed by atoms with E-state index in [1.807, 2.05) is 6.92 Å². The SMILES string of the molecule is CC1CN(C(=O)c2ccc(C(=O)O)cc2F)CCCO1. The number of carbonyl (C=O) groups is 2. The van der Waals surface area contributed by atoms with Gasteiger partial charge < -0.3 is 14.7 Å². The molecule has 6 heteroatoms. The smallest absolute Gasteiger partial charge is 0.335 e. The minimum atomic E-state index is -1.22. The number of halogens is 1. The average molecular weight is 281 g/mol. The van der Waals surface area contributed by atoms with Gasteiger partial charge in [0.1, 0.15) is 5.82 Å². The van der Waals surface area contributed by atoms with Crippen molar-refractivity contribution in [1.29, 1.82) is 0 Å². The summed E-state index contributed by atoms with van der Waals surface area (Å²) in [7, 11) is 0. The third-order valence-corrected chi connectivity index (χ3v) is 3.19. The number of carboxylic acid groups (broad SMARTS) is 1. The van der Waals surface area contributed by atoms with Crippen LogP contribution in [0.5, 0.6) is 0 Å². The number of carboxylic acids is 1. The monoisotopic (exact) mass is 281 g/mol. The second-order valence-corrected chi connectivity index (χ2v) is 4.79. The molecule has 1 aliphatic heterocycles.